The molecule has 1 rings (SSSR count). The van der Waals surface area contributed by atoms with Gasteiger partial charge in [-0.2, -0.15) is 0 Å². The quantitative estimate of drug-likeness (QED) is 0.824. The molecule has 0 saturated heterocycles. The van der Waals surface area contributed by atoms with Gasteiger partial charge < -0.3 is 10.4 Å². The standard InChI is InChI=1S/C14H21NO2/c1-10-5-6-11(2)12(7-10)8-15-9-14(3,4)13(16)17/h5-7,15H,8-9H2,1-4H3,(H,16,17). The van der Waals surface area contributed by atoms with E-state index in [1.807, 2.05) is 0 Å². The molecule has 3 heteroatoms. The monoisotopic (exact) mass is 235 g/mol. The molecule has 1 aromatic rings. The first-order chi connectivity index (χ1) is 7.83. The summed E-state index contributed by atoms with van der Waals surface area (Å²) < 4.78 is 0. The fourth-order valence-corrected chi connectivity index (χ4v) is 1.58. The number of hydrogen-bond donors (Lipinski definition) is 2. The van der Waals surface area contributed by atoms with Gasteiger partial charge in [-0.25, -0.2) is 0 Å². The molecule has 17 heavy (non-hydrogen) atoms. The number of carbonyl (C=O) groups is 1. The maximum absolute atomic E-state index is 10.9. The molecule has 2 N–H and O–H groups in total. The second-order valence-corrected chi connectivity index (χ2v) is 5.22. The summed E-state index contributed by atoms with van der Waals surface area (Å²) in [5.41, 5.74) is 2.96. The molecule has 94 valence electrons. The molecule has 0 aromatic heterocycles. The van der Waals surface area contributed by atoms with Crippen LogP contribution >= 0.6 is 0 Å². The summed E-state index contributed by atoms with van der Waals surface area (Å²) in [6.45, 7) is 8.76. The lowest BCUT2D eigenvalue weighted by Crippen LogP contribution is -2.35. The highest BCUT2D eigenvalue weighted by molar-refractivity contribution is 5.73. The largest absolute Gasteiger partial charge is 0.481 e. The number of carboxylic acids is 1. The van der Waals surface area contributed by atoms with E-state index in [1.165, 1.54) is 16.7 Å². The van der Waals surface area contributed by atoms with Crippen LogP contribution in [0.15, 0.2) is 18.2 Å². The molecular weight excluding hydrogens is 214 g/mol. The van der Waals surface area contributed by atoms with E-state index in [0.29, 0.717) is 13.1 Å². The minimum atomic E-state index is -0.772. The number of rotatable bonds is 5. The molecule has 0 aliphatic rings. The molecule has 0 atom stereocenters. The van der Waals surface area contributed by atoms with Crippen LogP contribution in [0.25, 0.3) is 0 Å². The Bertz CT molecular complexity index is 411. The van der Waals surface area contributed by atoms with Crippen molar-refractivity contribution >= 4 is 5.97 Å². The van der Waals surface area contributed by atoms with E-state index in [1.54, 1.807) is 13.8 Å². The fraction of sp³-hybridized carbons (Fsp3) is 0.500. The van der Waals surface area contributed by atoms with Crippen LogP contribution < -0.4 is 5.32 Å². The first kappa shape index (κ1) is 13.7. The number of aliphatic carboxylic acids is 1. The van der Waals surface area contributed by atoms with Gasteiger partial charge in [0.1, 0.15) is 0 Å². The Balaban J connectivity index is 2.57. The van der Waals surface area contributed by atoms with E-state index in [2.05, 4.69) is 37.4 Å². The highest BCUT2D eigenvalue weighted by atomic mass is 16.4. The van der Waals surface area contributed by atoms with Gasteiger partial charge in [0.05, 0.1) is 5.41 Å². The predicted molar refractivity (Wildman–Crippen MR) is 69.0 cm³/mol. The maximum atomic E-state index is 10.9. The van der Waals surface area contributed by atoms with Crippen molar-refractivity contribution in [2.24, 2.45) is 5.41 Å². The first-order valence-electron chi connectivity index (χ1n) is 5.83. The van der Waals surface area contributed by atoms with Crippen molar-refractivity contribution < 1.29 is 9.90 Å². The molecule has 0 saturated carbocycles. The van der Waals surface area contributed by atoms with Crippen molar-refractivity contribution in [3.63, 3.8) is 0 Å². The molecule has 0 aliphatic carbocycles. The molecule has 1 aromatic carbocycles. The van der Waals surface area contributed by atoms with Crippen LogP contribution in [0.2, 0.25) is 0 Å². The van der Waals surface area contributed by atoms with Gasteiger partial charge in [-0.1, -0.05) is 23.8 Å². The highest BCUT2D eigenvalue weighted by Gasteiger charge is 2.26. The molecule has 0 spiro atoms. The van der Waals surface area contributed by atoms with Gasteiger partial charge in [-0.05, 0) is 38.8 Å². The lowest BCUT2D eigenvalue weighted by molar-refractivity contribution is -0.146. The van der Waals surface area contributed by atoms with Crippen molar-refractivity contribution in [3.05, 3.63) is 34.9 Å². The third kappa shape index (κ3) is 3.86. The van der Waals surface area contributed by atoms with Crippen LogP contribution in [0.4, 0.5) is 0 Å². The average Bonchev–Trinajstić information content (AvgIpc) is 2.22. The Hall–Kier alpha value is -1.35. The highest BCUT2D eigenvalue weighted by Crippen LogP contribution is 2.15. The van der Waals surface area contributed by atoms with Crippen LogP contribution in [0, 0.1) is 19.3 Å². The second kappa shape index (κ2) is 5.32. The van der Waals surface area contributed by atoms with Crippen molar-refractivity contribution in [1.29, 1.82) is 0 Å². The average molecular weight is 235 g/mol. The summed E-state index contributed by atoms with van der Waals surface area (Å²) in [5, 5.41) is 12.2. The third-order valence-corrected chi connectivity index (χ3v) is 2.97. The minimum absolute atomic E-state index is 0.468. The topological polar surface area (TPSA) is 49.3 Å². The van der Waals surface area contributed by atoms with E-state index in [0.717, 1.165) is 0 Å². The third-order valence-electron chi connectivity index (χ3n) is 2.97. The lowest BCUT2D eigenvalue weighted by Gasteiger charge is -2.20. The number of carboxylic acid groups (broad SMARTS) is 1. The molecule has 0 unspecified atom stereocenters. The fourth-order valence-electron chi connectivity index (χ4n) is 1.58. The van der Waals surface area contributed by atoms with Crippen molar-refractivity contribution in [1.82, 2.24) is 5.32 Å². The Morgan fingerprint density at radius 3 is 2.59 bits per heavy atom. The number of aryl methyl sites for hydroxylation is 2. The Kier molecular flexibility index (Phi) is 4.29. The zero-order valence-electron chi connectivity index (χ0n) is 11.0. The Morgan fingerprint density at radius 1 is 1.35 bits per heavy atom. The number of nitrogens with one attached hydrogen (secondary N) is 1. The Labute approximate surface area is 103 Å². The van der Waals surface area contributed by atoms with Gasteiger partial charge in [0.15, 0.2) is 0 Å². The van der Waals surface area contributed by atoms with Gasteiger partial charge in [-0.15, -0.1) is 0 Å². The van der Waals surface area contributed by atoms with Crippen LogP contribution in [0.1, 0.15) is 30.5 Å². The van der Waals surface area contributed by atoms with Gasteiger partial charge >= 0.3 is 5.97 Å². The number of benzene rings is 1. The zero-order valence-corrected chi connectivity index (χ0v) is 11.0. The molecule has 0 radical (unpaired) electrons. The summed E-state index contributed by atoms with van der Waals surface area (Å²) in [5.74, 6) is -0.772. The van der Waals surface area contributed by atoms with E-state index in [4.69, 9.17) is 5.11 Å². The molecule has 3 nitrogen and oxygen atoms in total. The van der Waals surface area contributed by atoms with Crippen LogP contribution in [0.5, 0.6) is 0 Å². The van der Waals surface area contributed by atoms with E-state index in [9.17, 15) is 4.79 Å². The summed E-state index contributed by atoms with van der Waals surface area (Å²) >= 11 is 0. The molecule has 0 fully saturated rings. The van der Waals surface area contributed by atoms with Crippen molar-refractivity contribution in [2.75, 3.05) is 6.54 Å². The molecular formula is C14H21NO2. The Morgan fingerprint density at radius 2 is 2.00 bits per heavy atom. The second-order valence-electron chi connectivity index (χ2n) is 5.22. The van der Waals surface area contributed by atoms with Crippen LogP contribution in [-0.2, 0) is 11.3 Å². The zero-order chi connectivity index (χ0) is 13.1. The molecule has 0 heterocycles. The summed E-state index contributed by atoms with van der Waals surface area (Å²) in [7, 11) is 0. The summed E-state index contributed by atoms with van der Waals surface area (Å²) in [6, 6.07) is 6.31. The van der Waals surface area contributed by atoms with Gasteiger partial charge in [-0.3, -0.25) is 4.79 Å². The van der Waals surface area contributed by atoms with Gasteiger partial charge in [0.25, 0.3) is 0 Å². The van der Waals surface area contributed by atoms with Crippen LogP contribution in [0.3, 0.4) is 0 Å². The van der Waals surface area contributed by atoms with Crippen molar-refractivity contribution in [3.8, 4) is 0 Å². The molecule has 0 aliphatic heterocycles. The minimum Gasteiger partial charge on any atom is -0.481 e. The predicted octanol–water partition coefficient (Wildman–Crippen LogP) is 2.50. The normalized spacial score (nSPS) is 11.5. The summed E-state index contributed by atoms with van der Waals surface area (Å²) in [6.07, 6.45) is 0. The van der Waals surface area contributed by atoms with Crippen LogP contribution in [-0.4, -0.2) is 17.6 Å². The van der Waals surface area contributed by atoms with E-state index >= 15 is 0 Å². The van der Waals surface area contributed by atoms with E-state index < -0.39 is 11.4 Å². The summed E-state index contributed by atoms with van der Waals surface area (Å²) in [4.78, 5) is 10.9. The smallest absolute Gasteiger partial charge is 0.310 e. The van der Waals surface area contributed by atoms with Crippen molar-refractivity contribution in [2.45, 2.75) is 34.2 Å². The molecule has 0 bridgehead atoms. The van der Waals surface area contributed by atoms with Gasteiger partial charge in [0.2, 0.25) is 0 Å². The number of hydrogen-bond acceptors (Lipinski definition) is 2. The van der Waals surface area contributed by atoms with E-state index in [-0.39, 0.29) is 0 Å². The van der Waals surface area contributed by atoms with Gasteiger partial charge in [0, 0.05) is 13.1 Å². The first-order valence-corrected chi connectivity index (χ1v) is 5.83. The maximum Gasteiger partial charge on any atom is 0.310 e. The molecule has 0 amide bonds. The SMILES string of the molecule is Cc1ccc(C)c(CNCC(C)(C)C(=O)O)c1. The lowest BCUT2D eigenvalue weighted by atomic mass is 9.94.